The largest absolute Gasteiger partial charge is 0.383 e. The number of ketones is 1. The monoisotopic (exact) mass is 313 g/mol. The van der Waals surface area contributed by atoms with Gasteiger partial charge in [0.15, 0.2) is 5.78 Å². The van der Waals surface area contributed by atoms with Gasteiger partial charge < -0.3 is 9.64 Å². The van der Waals surface area contributed by atoms with Crippen LogP contribution in [0.2, 0.25) is 0 Å². The molecule has 18 heavy (non-hydrogen) atoms. The van der Waals surface area contributed by atoms with E-state index >= 15 is 0 Å². The van der Waals surface area contributed by atoms with Crippen molar-refractivity contribution in [3.8, 4) is 0 Å². The lowest BCUT2D eigenvalue weighted by molar-refractivity contribution is 0.0952. The van der Waals surface area contributed by atoms with Gasteiger partial charge >= 0.3 is 0 Å². The lowest BCUT2D eigenvalue weighted by Gasteiger charge is -2.19. The Bertz CT molecular complexity index is 382. The summed E-state index contributed by atoms with van der Waals surface area (Å²) in [5.74, 6) is 0.187. The molecule has 0 radical (unpaired) electrons. The second-order valence-electron chi connectivity index (χ2n) is 4.11. The summed E-state index contributed by atoms with van der Waals surface area (Å²) in [6.45, 7) is 5.40. The first-order chi connectivity index (χ1) is 8.67. The zero-order valence-electron chi connectivity index (χ0n) is 11.0. The number of halogens is 1. The van der Waals surface area contributed by atoms with E-state index in [9.17, 15) is 4.79 Å². The van der Waals surface area contributed by atoms with Gasteiger partial charge in [0.25, 0.3) is 0 Å². The summed E-state index contributed by atoms with van der Waals surface area (Å²) < 4.78 is 5.99. The van der Waals surface area contributed by atoms with E-state index in [1.165, 1.54) is 0 Å². The first-order valence-electron chi connectivity index (χ1n) is 6.17. The first kappa shape index (κ1) is 15.3. The molecule has 0 unspecified atom stereocenters. The van der Waals surface area contributed by atoms with Gasteiger partial charge in [-0.05, 0) is 18.7 Å². The van der Waals surface area contributed by atoms with Crippen LogP contribution >= 0.6 is 15.9 Å². The van der Waals surface area contributed by atoms with Gasteiger partial charge in [-0.25, -0.2) is 0 Å². The van der Waals surface area contributed by atoms with Crippen LogP contribution in [0, 0.1) is 0 Å². The summed E-state index contributed by atoms with van der Waals surface area (Å²) in [6.07, 6.45) is 0.550. The predicted molar refractivity (Wildman–Crippen MR) is 77.1 cm³/mol. The molecule has 0 fully saturated rings. The molecular weight excluding hydrogens is 294 g/mol. The summed E-state index contributed by atoms with van der Waals surface area (Å²) in [7, 11) is 1.69. The van der Waals surface area contributed by atoms with Crippen LogP contribution in [-0.4, -0.2) is 44.0 Å². The zero-order chi connectivity index (χ0) is 13.4. The molecule has 1 rings (SSSR count). The number of hydrogen-bond acceptors (Lipinski definition) is 3. The molecule has 4 heteroatoms. The normalized spacial score (nSPS) is 10.9. The first-order valence-corrected chi connectivity index (χ1v) is 6.96. The highest BCUT2D eigenvalue weighted by Crippen LogP contribution is 2.13. The highest BCUT2D eigenvalue weighted by Gasteiger charge is 2.09. The van der Waals surface area contributed by atoms with Gasteiger partial charge in [0, 0.05) is 36.7 Å². The highest BCUT2D eigenvalue weighted by molar-refractivity contribution is 9.10. The second kappa shape index (κ2) is 8.40. The van der Waals surface area contributed by atoms with Crippen LogP contribution in [0.15, 0.2) is 28.7 Å². The third kappa shape index (κ3) is 5.29. The molecule has 0 aromatic heterocycles. The molecule has 1 aromatic rings. The third-order valence-electron chi connectivity index (χ3n) is 2.86. The van der Waals surface area contributed by atoms with Gasteiger partial charge in [0.1, 0.15) is 0 Å². The minimum atomic E-state index is 0.187. The molecule has 0 N–H and O–H groups in total. The van der Waals surface area contributed by atoms with E-state index in [1.54, 1.807) is 7.11 Å². The number of likely N-dealkylation sites (N-methyl/N-ethyl adjacent to an activating group) is 1. The number of rotatable bonds is 8. The molecular formula is C14H20BrNO2. The topological polar surface area (TPSA) is 29.5 Å². The maximum absolute atomic E-state index is 12.0. The third-order valence-corrected chi connectivity index (χ3v) is 3.35. The maximum Gasteiger partial charge on any atom is 0.164 e. The standard InChI is InChI=1S/C14H20BrNO2/c1-3-16(9-10-18-2)8-7-14(17)12-5-4-6-13(15)11-12/h4-6,11H,3,7-10H2,1-2H3. The Kier molecular flexibility index (Phi) is 7.16. The molecule has 3 nitrogen and oxygen atoms in total. The number of ether oxygens (including phenoxy) is 1. The average Bonchev–Trinajstić information content (AvgIpc) is 2.38. The summed E-state index contributed by atoms with van der Waals surface area (Å²) >= 11 is 3.38. The fraction of sp³-hybridized carbons (Fsp3) is 0.500. The minimum Gasteiger partial charge on any atom is -0.383 e. The SMILES string of the molecule is CCN(CCOC)CCC(=O)c1cccc(Br)c1. The van der Waals surface area contributed by atoms with Gasteiger partial charge in [-0.3, -0.25) is 4.79 Å². The van der Waals surface area contributed by atoms with E-state index < -0.39 is 0 Å². The van der Waals surface area contributed by atoms with Crippen LogP contribution < -0.4 is 0 Å². The summed E-state index contributed by atoms with van der Waals surface area (Å²) in [5, 5.41) is 0. The average molecular weight is 314 g/mol. The van der Waals surface area contributed by atoms with E-state index in [-0.39, 0.29) is 5.78 Å². The molecule has 0 saturated heterocycles. The Morgan fingerprint density at radius 1 is 1.39 bits per heavy atom. The van der Waals surface area contributed by atoms with Crippen LogP contribution in [0.25, 0.3) is 0 Å². The Balaban J connectivity index is 2.44. The van der Waals surface area contributed by atoms with Crippen LogP contribution in [0.3, 0.4) is 0 Å². The van der Waals surface area contributed by atoms with E-state index in [4.69, 9.17) is 4.74 Å². The summed E-state index contributed by atoms with van der Waals surface area (Å²) in [5.41, 5.74) is 0.771. The molecule has 0 aliphatic rings. The van der Waals surface area contributed by atoms with Crippen LogP contribution in [0.4, 0.5) is 0 Å². The summed E-state index contributed by atoms with van der Waals surface area (Å²) in [6, 6.07) is 7.54. The van der Waals surface area contributed by atoms with Gasteiger partial charge in [0.2, 0.25) is 0 Å². The number of nitrogens with zero attached hydrogens (tertiary/aromatic N) is 1. The molecule has 0 heterocycles. The molecule has 0 amide bonds. The number of benzene rings is 1. The Morgan fingerprint density at radius 3 is 2.78 bits per heavy atom. The smallest absolute Gasteiger partial charge is 0.164 e. The number of carbonyl (C=O) groups is 1. The van der Waals surface area contributed by atoms with Crippen molar-refractivity contribution >= 4 is 21.7 Å². The molecule has 0 saturated carbocycles. The Morgan fingerprint density at radius 2 is 2.17 bits per heavy atom. The van der Waals surface area contributed by atoms with Crippen molar-refractivity contribution in [2.24, 2.45) is 0 Å². The van der Waals surface area contributed by atoms with Crippen LogP contribution in [-0.2, 0) is 4.74 Å². The van der Waals surface area contributed by atoms with Crippen molar-refractivity contribution in [3.63, 3.8) is 0 Å². The Hall–Kier alpha value is -0.710. The van der Waals surface area contributed by atoms with Gasteiger partial charge in [-0.2, -0.15) is 0 Å². The number of Topliss-reactive ketones (excluding diaryl/α,β-unsaturated/α-hetero) is 1. The molecule has 0 aliphatic carbocycles. The number of hydrogen-bond donors (Lipinski definition) is 0. The highest BCUT2D eigenvalue weighted by atomic mass is 79.9. The van der Waals surface area contributed by atoms with Crippen LogP contribution in [0.1, 0.15) is 23.7 Å². The lowest BCUT2D eigenvalue weighted by Crippen LogP contribution is -2.29. The second-order valence-corrected chi connectivity index (χ2v) is 5.03. The number of methoxy groups -OCH3 is 1. The zero-order valence-corrected chi connectivity index (χ0v) is 12.6. The van der Waals surface area contributed by atoms with Crippen molar-refractivity contribution in [3.05, 3.63) is 34.3 Å². The van der Waals surface area contributed by atoms with Gasteiger partial charge in [-0.1, -0.05) is 35.0 Å². The van der Waals surface area contributed by atoms with E-state index in [1.807, 2.05) is 24.3 Å². The maximum atomic E-state index is 12.0. The number of carbonyl (C=O) groups excluding carboxylic acids is 1. The predicted octanol–water partition coefficient (Wildman–Crippen LogP) is 2.99. The van der Waals surface area contributed by atoms with E-state index in [2.05, 4.69) is 27.8 Å². The van der Waals surface area contributed by atoms with Crippen molar-refractivity contribution in [1.82, 2.24) is 4.90 Å². The minimum absolute atomic E-state index is 0.187. The molecule has 0 spiro atoms. The van der Waals surface area contributed by atoms with Gasteiger partial charge in [-0.15, -0.1) is 0 Å². The lowest BCUT2D eigenvalue weighted by atomic mass is 10.1. The van der Waals surface area contributed by atoms with Gasteiger partial charge in [0.05, 0.1) is 6.61 Å². The Labute approximate surface area is 117 Å². The fourth-order valence-electron chi connectivity index (χ4n) is 1.71. The van der Waals surface area contributed by atoms with E-state index in [0.29, 0.717) is 13.0 Å². The molecule has 0 bridgehead atoms. The van der Waals surface area contributed by atoms with Crippen molar-refractivity contribution < 1.29 is 9.53 Å². The quantitative estimate of drug-likeness (QED) is 0.691. The van der Waals surface area contributed by atoms with Crippen molar-refractivity contribution in [2.45, 2.75) is 13.3 Å². The van der Waals surface area contributed by atoms with Crippen LogP contribution in [0.5, 0.6) is 0 Å². The molecule has 1 aromatic carbocycles. The van der Waals surface area contributed by atoms with Crippen molar-refractivity contribution in [2.75, 3.05) is 33.4 Å². The van der Waals surface area contributed by atoms with E-state index in [0.717, 1.165) is 29.7 Å². The molecule has 0 atom stereocenters. The van der Waals surface area contributed by atoms with Crippen molar-refractivity contribution in [1.29, 1.82) is 0 Å². The fourth-order valence-corrected chi connectivity index (χ4v) is 2.11. The molecule has 0 aliphatic heterocycles. The molecule has 100 valence electrons. The summed E-state index contributed by atoms with van der Waals surface area (Å²) in [4.78, 5) is 14.2.